The standard InChI is InChI=1S/C31H44N2O2/c1-20(33-30(34)23-10-7-21(18-32)8-11-23)28-5-4-6-29-27-14-12-24-17-22(19-35-3)9-13-25(24)26(27)15-16-31(28,29)2/h7-8,10-11,20,22,24-29H,4-6,9,12-17,19H2,1-3H3,(H,33,34)/t20-,22?,24?,25-,26?,27+,28+,29?,31+/m0/s1. The average Bonchev–Trinajstić information content (AvgIpc) is 2.87. The summed E-state index contributed by atoms with van der Waals surface area (Å²) in [7, 11) is 1.86. The van der Waals surface area contributed by atoms with Crippen molar-refractivity contribution < 1.29 is 9.53 Å². The topological polar surface area (TPSA) is 62.1 Å². The number of ether oxygens (including phenoxy) is 1. The number of rotatable bonds is 5. The van der Waals surface area contributed by atoms with Gasteiger partial charge in [0.05, 0.1) is 11.6 Å². The molecule has 4 saturated carbocycles. The zero-order valence-corrected chi connectivity index (χ0v) is 22.0. The maximum absolute atomic E-state index is 13.0. The summed E-state index contributed by atoms with van der Waals surface area (Å²) >= 11 is 0. The molecule has 0 aromatic heterocycles. The Labute approximate surface area is 212 Å². The Bertz CT molecular complexity index is 936. The predicted octanol–water partition coefficient (Wildman–Crippen LogP) is 6.60. The van der Waals surface area contributed by atoms with Crippen molar-refractivity contribution in [3.05, 3.63) is 35.4 Å². The second kappa shape index (κ2) is 10.3. The molecule has 1 amide bonds. The van der Waals surface area contributed by atoms with Crippen LogP contribution in [0.5, 0.6) is 0 Å². The van der Waals surface area contributed by atoms with E-state index in [9.17, 15) is 4.79 Å². The van der Waals surface area contributed by atoms with E-state index in [0.717, 1.165) is 42.1 Å². The number of carbonyl (C=O) groups is 1. The van der Waals surface area contributed by atoms with Gasteiger partial charge in [0, 0.05) is 25.3 Å². The van der Waals surface area contributed by atoms with E-state index in [2.05, 4.69) is 25.2 Å². The van der Waals surface area contributed by atoms with Crippen LogP contribution in [0.3, 0.4) is 0 Å². The van der Waals surface area contributed by atoms with Crippen LogP contribution < -0.4 is 5.32 Å². The first-order chi connectivity index (χ1) is 16.9. The SMILES string of the molecule is COCC1CC[C@H]2C(CC[C@@H]3C2CC[C@@]2(C)C3CCC[C@@H]2[C@H](C)NC(=O)c2ccc(C#N)cc2)C1. The molecule has 4 aliphatic rings. The summed E-state index contributed by atoms with van der Waals surface area (Å²) in [4.78, 5) is 13.0. The first kappa shape index (κ1) is 24.8. The van der Waals surface area contributed by atoms with Gasteiger partial charge in [-0.2, -0.15) is 5.26 Å². The molecule has 4 heteroatoms. The molecule has 35 heavy (non-hydrogen) atoms. The van der Waals surface area contributed by atoms with Crippen LogP contribution in [0.1, 0.15) is 94.0 Å². The van der Waals surface area contributed by atoms with E-state index in [0.29, 0.717) is 22.5 Å². The Hall–Kier alpha value is -1.86. The average molecular weight is 477 g/mol. The summed E-state index contributed by atoms with van der Waals surface area (Å²) in [6.45, 7) is 5.76. The van der Waals surface area contributed by atoms with E-state index in [4.69, 9.17) is 10.00 Å². The minimum Gasteiger partial charge on any atom is -0.384 e. The monoisotopic (exact) mass is 476 g/mol. The van der Waals surface area contributed by atoms with Gasteiger partial charge in [-0.05, 0) is 136 Å². The Morgan fingerprint density at radius 3 is 2.60 bits per heavy atom. The number of methoxy groups -OCH3 is 1. The van der Waals surface area contributed by atoms with Crippen molar-refractivity contribution in [1.29, 1.82) is 5.26 Å². The normalized spacial score (nSPS) is 39.3. The van der Waals surface area contributed by atoms with Crippen molar-refractivity contribution in [3.8, 4) is 6.07 Å². The maximum atomic E-state index is 13.0. The van der Waals surface area contributed by atoms with Crippen LogP contribution in [0, 0.1) is 58.2 Å². The second-order valence-electron chi connectivity index (χ2n) is 12.6. The smallest absolute Gasteiger partial charge is 0.251 e. The number of carbonyl (C=O) groups excluding carboxylic acids is 1. The number of amides is 1. The van der Waals surface area contributed by atoms with Gasteiger partial charge >= 0.3 is 0 Å². The number of fused-ring (bicyclic) bond motifs is 5. The maximum Gasteiger partial charge on any atom is 0.251 e. The summed E-state index contributed by atoms with van der Waals surface area (Å²) in [5.74, 6) is 5.82. The molecular weight excluding hydrogens is 432 g/mol. The highest BCUT2D eigenvalue weighted by Crippen LogP contribution is 2.63. The number of nitrogens with zero attached hydrogens (tertiary/aromatic N) is 1. The number of hydrogen-bond donors (Lipinski definition) is 1. The summed E-state index contributed by atoms with van der Waals surface area (Å²) < 4.78 is 5.51. The molecule has 0 saturated heterocycles. The lowest BCUT2D eigenvalue weighted by molar-refractivity contribution is -0.116. The van der Waals surface area contributed by atoms with Gasteiger partial charge in [-0.1, -0.05) is 13.3 Å². The third kappa shape index (κ3) is 4.66. The molecule has 0 heterocycles. The zero-order chi connectivity index (χ0) is 24.6. The Morgan fingerprint density at radius 2 is 1.86 bits per heavy atom. The van der Waals surface area contributed by atoms with Gasteiger partial charge in [0.25, 0.3) is 5.91 Å². The number of nitrogens with one attached hydrogen (secondary N) is 1. The molecular formula is C31H44N2O2. The number of hydrogen-bond acceptors (Lipinski definition) is 3. The van der Waals surface area contributed by atoms with Crippen LogP contribution in [-0.4, -0.2) is 25.7 Å². The van der Waals surface area contributed by atoms with Crippen molar-refractivity contribution in [2.45, 2.75) is 84.1 Å². The fourth-order valence-corrected chi connectivity index (χ4v) is 9.48. The molecule has 0 aliphatic heterocycles. The van der Waals surface area contributed by atoms with Crippen molar-refractivity contribution in [1.82, 2.24) is 5.32 Å². The molecule has 4 aliphatic carbocycles. The van der Waals surface area contributed by atoms with E-state index in [1.807, 2.05) is 7.11 Å². The van der Waals surface area contributed by atoms with Crippen LogP contribution >= 0.6 is 0 Å². The van der Waals surface area contributed by atoms with Crippen molar-refractivity contribution in [2.75, 3.05) is 13.7 Å². The summed E-state index contributed by atoms with van der Waals surface area (Å²) in [5.41, 5.74) is 1.58. The van der Waals surface area contributed by atoms with Crippen molar-refractivity contribution in [3.63, 3.8) is 0 Å². The molecule has 4 fully saturated rings. The molecule has 1 aromatic rings. The quantitative estimate of drug-likeness (QED) is 0.521. The first-order valence-electron chi connectivity index (χ1n) is 14.2. The van der Waals surface area contributed by atoms with E-state index < -0.39 is 0 Å². The largest absolute Gasteiger partial charge is 0.384 e. The minimum atomic E-state index is -0.00488. The van der Waals surface area contributed by atoms with Crippen LogP contribution in [0.2, 0.25) is 0 Å². The lowest BCUT2D eigenvalue weighted by Gasteiger charge is -2.61. The van der Waals surface area contributed by atoms with Gasteiger partial charge in [0.15, 0.2) is 0 Å². The molecule has 0 spiro atoms. The summed E-state index contributed by atoms with van der Waals surface area (Å²) in [6.07, 6.45) is 13.6. The lowest BCUT2D eigenvalue weighted by Crippen LogP contribution is -2.56. The Kier molecular flexibility index (Phi) is 7.27. The zero-order valence-electron chi connectivity index (χ0n) is 22.0. The minimum absolute atomic E-state index is 0.00488. The van der Waals surface area contributed by atoms with Gasteiger partial charge in [0.2, 0.25) is 0 Å². The van der Waals surface area contributed by atoms with E-state index in [1.165, 1.54) is 64.2 Å². The van der Waals surface area contributed by atoms with Gasteiger partial charge < -0.3 is 10.1 Å². The molecule has 190 valence electrons. The molecule has 9 atom stereocenters. The molecule has 5 rings (SSSR count). The highest BCUT2D eigenvalue weighted by atomic mass is 16.5. The van der Waals surface area contributed by atoms with Gasteiger partial charge in [0.1, 0.15) is 0 Å². The summed E-state index contributed by atoms with van der Waals surface area (Å²) in [5, 5.41) is 12.4. The van der Waals surface area contributed by atoms with Crippen molar-refractivity contribution >= 4 is 5.91 Å². The van der Waals surface area contributed by atoms with Crippen LogP contribution in [0.15, 0.2) is 24.3 Å². The molecule has 4 unspecified atom stereocenters. The highest BCUT2D eigenvalue weighted by Gasteiger charge is 2.56. The predicted molar refractivity (Wildman–Crippen MR) is 139 cm³/mol. The lowest BCUT2D eigenvalue weighted by atomic mass is 9.44. The third-order valence-corrected chi connectivity index (χ3v) is 11.0. The van der Waals surface area contributed by atoms with Crippen LogP contribution in [-0.2, 0) is 4.74 Å². The van der Waals surface area contributed by atoms with Gasteiger partial charge in [-0.3, -0.25) is 4.79 Å². The second-order valence-corrected chi connectivity index (χ2v) is 12.6. The molecule has 0 radical (unpaired) electrons. The molecule has 1 aromatic carbocycles. The van der Waals surface area contributed by atoms with Crippen molar-refractivity contribution in [2.24, 2.45) is 46.8 Å². The molecule has 4 nitrogen and oxygen atoms in total. The fourth-order valence-electron chi connectivity index (χ4n) is 9.48. The van der Waals surface area contributed by atoms with Gasteiger partial charge in [-0.15, -0.1) is 0 Å². The van der Waals surface area contributed by atoms with E-state index in [1.54, 1.807) is 24.3 Å². The van der Waals surface area contributed by atoms with Crippen LogP contribution in [0.4, 0.5) is 0 Å². The molecule has 0 bridgehead atoms. The van der Waals surface area contributed by atoms with E-state index >= 15 is 0 Å². The number of nitriles is 1. The van der Waals surface area contributed by atoms with E-state index in [-0.39, 0.29) is 11.9 Å². The third-order valence-electron chi connectivity index (χ3n) is 11.0. The number of benzene rings is 1. The highest BCUT2D eigenvalue weighted by molar-refractivity contribution is 5.94. The first-order valence-corrected chi connectivity index (χ1v) is 14.2. The van der Waals surface area contributed by atoms with Crippen LogP contribution in [0.25, 0.3) is 0 Å². The molecule has 1 N–H and O–H groups in total. The van der Waals surface area contributed by atoms with Gasteiger partial charge in [-0.25, -0.2) is 0 Å². The summed E-state index contributed by atoms with van der Waals surface area (Å²) in [6, 6.07) is 9.32. The Balaban J connectivity index is 1.27. The fraction of sp³-hybridized carbons (Fsp3) is 0.742. The Morgan fingerprint density at radius 1 is 1.09 bits per heavy atom.